The molecule has 0 spiro atoms. The highest BCUT2D eigenvalue weighted by molar-refractivity contribution is 6.35. The molecular formula is C19H19ClN2O2. The van der Waals surface area contributed by atoms with Crippen LogP contribution < -0.4 is 0 Å². The fourth-order valence-corrected chi connectivity index (χ4v) is 3.11. The first-order valence-electron chi connectivity index (χ1n) is 7.88. The van der Waals surface area contributed by atoms with Gasteiger partial charge < -0.3 is 9.32 Å². The largest absolute Gasteiger partial charge is 0.449 e. The van der Waals surface area contributed by atoms with E-state index in [1.165, 1.54) is 0 Å². The highest BCUT2D eigenvalue weighted by atomic mass is 35.5. The topological polar surface area (TPSA) is 46.3 Å². The molecule has 0 radical (unpaired) electrons. The molecule has 3 aromatic rings. The summed E-state index contributed by atoms with van der Waals surface area (Å²) < 4.78 is 5.83. The smallest absolute Gasteiger partial charge is 0.290 e. The molecule has 0 aliphatic carbocycles. The van der Waals surface area contributed by atoms with Gasteiger partial charge in [0.2, 0.25) is 0 Å². The molecule has 0 saturated heterocycles. The maximum Gasteiger partial charge on any atom is 0.290 e. The summed E-state index contributed by atoms with van der Waals surface area (Å²) in [5.41, 5.74) is 3.47. The van der Waals surface area contributed by atoms with E-state index in [1.54, 1.807) is 17.3 Å². The molecule has 2 heterocycles. The van der Waals surface area contributed by atoms with E-state index in [1.807, 2.05) is 45.0 Å². The number of amides is 1. The number of carbonyl (C=O) groups excluding carboxylic acids is 1. The van der Waals surface area contributed by atoms with E-state index in [-0.39, 0.29) is 5.91 Å². The van der Waals surface area contributed by atoms with Crippen molar-refractivity contribution in [2.75, 3.05) is 6.54 Å². The number of nitrogens with zero attached hydrogens (tertiary/aromatic N) is 2. The van der Waals surface area contributed by atoms with E-state index >= 15 is 0 Å². The normalized spacial score (nSPS) is 11.0. The molecule has 4 nitrogen and oxygen atoms in total. The third-order valence-corrected chi connectivity index (χ3v) is 4.40. The molecule has 5 heteroatoms. The number of rotatable bonds is 4. The van der Waals surface area contributed by atoms with Gasteiger partial charge in [-0.05, 0) is 56.2 Å². The van der Waals surface area contributed by atoms with E-state index in [0.29, 0.717) is 29.5 Å². The zero-order valence-corrected chi connectivity index (χ0v) is 14.7. The highest BCUT2D eigenvalue weighted by Crippen LogP contribution is 2.32. The Hall–Kier alpha value is -2.33. The van der Waals surface area contributed by atoms with Crippen LogP contribution in [0.3, 0.4) is 0 Å². The SMILES string of the molecule is CCN(Cc1ccncc1)C(=O)c1oc2c(Cl)cc(C)cc2c1C. The Bertz CT molecular complexity index is 887. The molecule has 0 unspecified atom stereocenters. The predicted octanol–water partition coefficient (Wildman–Crippen LogP) is 4.76. The molecule has 0 aliphatic rings. The maximum atomic E-state index is 12.9. The first kappa shape index (κ1) is 16.5. The van der Waals surface area contributed by atoms with Crippen LogP contribution in [0.25, 0.3) is 11.0 Å². The zero-order valence-electron chi connectivity index (χ0n) is 14.0. The zero-order chi connectivity index (χ0) is 17.3. The molecule has 0 N–H and O–H groups in total. The molecule has 0 aliphatic heterocycles. The molecule has 0 bridgehead atoms. The second kappa shape index (κ2) is 6.65. The summed E-state index contributed by atoms with van der Waals surface area (Å²) in [6.07, 6.45) is 3.45. The van der Waals surface area contributed by atoms with Crippen molar-refractivity contribution < 1.29 is 9.21 Å². The summed E-state index contributed by atoms with van der Waals surface area (Å²) in [6.45, 7) is 6.93. The van der Waals surface area contributed by atoms with Gasteiger partial charge in [-0.15, -0.1) is 0 Å². The summed E-state index contributed by atoms with van der Waals surface area (Å²) >= 11 is 6.27. The van der Waals surface area contributed by atoms with Gasteiger partial charge >= 0.3 is 0 Å². The Morgan fingerprint density at radius 1 is 1.25 bits per heavy atom. The van der Waals surface area contributed by atoms with Crippen molar-refractivity contribution >= 4 is 28.5 Å². The van der Waals surface area contributed by atoms with E-state index < -0.39 is 0 Å². The first-order valence-corrected chi connectivity index (χ1v) is 8.26. The van der Waals surface area contributed by atoms with Crippen molar-refractivity contribution in [3.05, 3.63) is 64.1 Å². The van der Waals surface area contributed by atoms with Gasteiger partial charge in [0.15, 0.2) is 11.3 Å². The molecule has 0 atom stereocenters. The third-order valence-electron chi connectivity index (χ3n) is 4.12. The summed E-state index contributed by atoms with van der Waals surface area (Å²) in [5.74, 6) is 0.227. The minimum atomic E-state index is -0.128. The average molecular weight is 343 g/mol. The average Bonchev–Trinajstić information content (AvgIpc) is 2.90. The Labute approximate surface area is 146 Å². The van der Waals surface area contributed by atoms with E-state index in [4.69, 9.17) is 16.0 Å². The van der Waals surface area contributed by atoms with Crippen LogP contribution in [0.15, 0.2) is 41.1 Å². The fraction of sp³-hybridized carbons (Fsp3) is 0.263. The lowest BCUT2D eigenvalue weighted by Gasteiger charge is -2.20. The number of halogens is 1. The number of aryl methyl sites for hydroxylation is 2. The van der Waals surface area contributed by atoms with Crippen molar-refractivity contribution in [3.63, 3.8) is 0 Å². The molecule has 1 amide bonds. The molecule has 1 aromatic carbocycles. The molecule has 124 valence electrons. The lowest BCUT2D eigenvalue weighted by molar-refractivity contribution is 0.0722. The minimum absolute atomic E-state index is 0.128. The van der Waals surface area contributed by atoms with Gasteiger partial charge in [-0.3, -0.25) is 9.78 Å². The van der Waals surface area contributed by atoms with Crippen LogP contribution in [0.2, 0.25) is 5.02 Å². The Kier molecular flexibility index (Phi) is 4.58. The number of carbonyl (C=O) groups is 1. The van der Waals surface area contributed by atoms with Crippen molar-refractivity contribution in [2.24, 2.45) is 0 Å². The second-order valence-electron chi connectivity index (χ2n) is 5.85. The number of benzene rings is 1. The standard InChI is InChI=1S/C19H19ClN2O2/c1-4-22(11-14-5-7-21-8-6-14)19(23)17-13(3)15-9-12(2)10-16(20)18(15)24-17/h5-10H,4,11H2,1-3H3. The van der Waals surface area contributed by atoms with Crippen LogP contribution in [0.5, 0.6) is 0 Å². The molecule has 2 aromatic heterocycles. The second-order valence-corrected chi connectivity index (χ2v) is 6.26. The van der Waals surface area contributed by atoms with Gasteiger partial charge in [0.1, 0.15) is 0 Å². The molecule has 0 saturated carbocycles. The highest BCUT2D eigenvalue weighted by Gasteiger charge is 2.23. The van der Waals surface area contributed by atoms with Crippen LogP contribution in [0.1, 0.15) is 34.2 Å². The molecule has 0 fully saturated rings. The Morgan fingerprint density at radius 3 is 2.62 bits per heavy atom. The quantitative estimate of drug-likeness (QED) is 0.686. The monoisotopic (exact) mass is 342 g/mol. The van der Waals surface area contributed by atoms with Crippen LogP contribution in [0, 0.1) is 13.8 Å². The number of hydrogen-bond acceptors (Lipinski definition) is 3. The van der Waals surface area contributed by atoms with Crippen molar-refractivity contribution in [1.29, 1.82) is 0 Å². The van der Waals surface area contributed by atoms with Crippen LogP contribution >= 0.6 is 11.6 Å². The number of aromatic nitrogens is 1. The van der Waals surface area contributed by atoms with E-state index in [2.05, 4.69) is 4.98 Å². The number of pyridine rings is 1. The van der Waals surface area contributed by atoms with Gasteiger partial charge in [-0.25, -0.2) is 0 Å². The molecule has 3 rings (SSSR count). The van der Waals surface area contributed by atoms with Gasteiger partial charge in [0, 0.05) is 36.4 Å². The van der Waals surface area contributed by atoms with E-state index in [9.17, 15) is 4.79 Å². The minimum Gasteiger partial charge on any atom is -0.449 e. The Balaban J connectivity index is 1.98. The maximum absolute atomic E-state index is 12.9. The fourth-order valence-electron chi connectivity index (χ4n) is 2.80. The van der Waals surface area contributed by atoms with Crippen molar-refractivity contribution in [3.8, 4) is 0 Å². The predicted molar refractivity (Wildman–Crippen MR) is 95.3 cm³/mol. The van der Waals surface area contributed by atoms with Gasteiger partial charge in [-0.2, -0.15) is 0 Å². The number of furan rings is 1. The van der Waals surface area contributed by atoms with Crippen LogP contribution in [-0.2, 0) is 6.54 Å². The van der Waals surface area contributed by atoms with Crippen molar-refractivity contribution in [1.82, 2.24) is 9.88 Å². The third kappa shape index (κ3) is 3.02. The van der Waals surface area contributed by atoms with Gasteiger partial charge in [0.05, 0.1) is 5.02 Å². The van der Waals surface area contributed by atoms with E-state index in [0.717, 1.165) is 22.1 Å². The van der Waals surface area contributed by atoms with Crippen molar-refractivity contribution in [2.45, 2.75) is 27.3 Å². The Morgan fingerprint density at radius 2 is 1.96 bits per heavy atom. The van der Waals surface area contributed by atoms with Crippen LogP contribution in [-0.4, -0.2) is 22.3 Å². The van der Waals surface area contributed by atoms with Gasteiger partial charge in [-0.1, -0.05) is 11.6 Å². The summed E-state index contributed by atoms with van der Waals surface area (Å²) in [5, 5.41) is 1.42. The number of fused-ring (bicyclic) bond motifs is 1. The number of hydrogen-bond donors (Lipinski definition) is 0. The first-order chi connectivity index (χ1) is 11.5. The van der Waals surface area contributed by atoms with Crippen LogP contribution in [0.4, 0.5) is 0 Å². The molecule has 24 heavy (non-hydrogen) atoms. The summed E-state index contributed by atoms with van der Waals surface area (Å²) in [7, 11) is 0. The summed E-state index contributed by atoms with van der Waals surface area (Å²) in [4.78, 5) is 18.7. The summed E-state index contributed by atoms with van der Waals surface area (Å²) in [6, 6.07) is 7.65. The van der Waals surface area contributed by atoms with Gasteiger partial charge in [0.25, 0.3) is 5.91 Å². The lowest BCUT2D eigenvalue weighted by atomic mass is 10.1. The molecular weight excluding hydrogens is 324 g/mol. The lowest BCUT2D eigenvalue weighted by Crippen LogP contribution is -2.30.